The monoisotopic (exact) mass is 281 g/mol. The van der Waals surface area contributed by atoms with Crippen LogP contribution in [0, 0.1) is 18.6 Å². The van der Waals surface area contributed by atoms with Crippen LogP contribution < -0.4 is 5.73 Å². The van der Waals surface area contributed by atoms with Crippen LogP contribution in [0.2, 0.25) is 0 Å². The Balaban J connectivity index is 2.28. The van der Waals surface area contributed by atoms with Crippen LogP contribution in [0.15, 0.2) is 41.3 Å². The third-order valence-corrected chi connectivity index (χ3v) is 4.19. The quantitative estimate of drug-likeness (QED) is 0.878. The van der Waals surface area contributed by atoms with Gasteiger partial charge in [0.15, 0.2) is 0 Å². The van der Waals surface area contributed by atoms with E-state index in [2.05, 4.69) is 0 Å². The molecule has 2 nitrogen and oxygen atoms in total. The van der Waals surface area contributed by atoms with Crippen LogP contribution in [0.5, 0.6) is 0 Å². The summed E-state index contributed by atoms with van der Waals surface area (Å²) < 4.78 is 38.3. The van der Waals surface area contributed by atoms with Crippen LogP contribution in [-0.4, -0.2) is 4.21 Å². The van der Waals surface area contributed by atoms with Crippen molar-refractivity contribution in [1.29, 1.82) is 0 Å². The number of anilines is 1. The molecule has 2 aromatic rings. The highest BCUT2D eigenvalue weighted by Gasteiger charge is 2.11. The van der Waals surface area contributed by atoms with Gasteiger partial charge in [-0.1, -0.05) is 12.1 Å². The van der Waals surface area contributed by atoms with Crippen LogP contribution in [0.3, 0.4) is 0 Å². The fourth-order valence-corrected chi connectivity index (χ4v) is 3.04. The standard InChI is InChI=1S/C14H13F2NOS/c1-9-3-2-4-13(14(9)17)19(18)8-10-5-11(15)7-12(16)6-10/h2-7H,8,17H2,1H3. The van der Waals surface area contributed by atoms with E-state index in [4.69, 9.17) is 5.73 Å². The maximum Gasteiger partial charge on any atom is 0.126 e. The van der Waals surface area contributed by atoms with Gasteiger partial charge in [0.05, 0.1) is 27.1 Å². The first-order valence-corrected chi connectivity index (χ1v) is 6.97. The summed E-state index contributed by atoms with van der Waals surface area (Å²) in [5.74, 6) is -1.32. The van der Waals surface area contributed by atoms with E-state index in [9.17, 15) is 13.0 Å². The third kappa shape index (κ3) is 3.17. The molecule has 19 heavy (non-hydrogen) atoms. The van der Waals surface area contributed by atoms with Crippen molar-refractivity contribution in [2.75, 3.05) is 5.73 Å². The molecule has 0 aliphatic carbocycles. The maximum atomic E-state index is 13.1. The van der Waals surface area contributed by atoms with E-state index in [1.807, 2.05) is 13.0 Å². The molecule has 0 aliphatic heterocycles. The molecular formula is C14H13F2NOS. The summed E-state index contributed by atoms with van der Waals surface area (Å²) in [6.45, 7) is 1.82. The summed E-state index contributed by atoms with van der Waals surface area (Å²) in [6.07, 6.45) is 0. The first-order valence-electron chi connectivity index (χ1n) is 5.66. The molecule has 2 N–H and O–H groups in total. The van der Waals surface area contributed by atoms with Crippen LogP contribution in [0.25, 0.3) is 0 Å². The van der Waals surface area contributed by atoms with Gasteiger partial charge in [0.1, 0.15) is 11.6 Å². The van der Waals surface area contributed by atoms with Crippen LogP contribution in [0.4, 0.5) is 14.5 Å². The van der Waals surface area contributed by atoms with Crippen molar-refractivity contribution < 1.29 is 13.0 Å². The van der Waals surface area contributed by atoms with E-state index in [1.54, 1.807) is 12.1 Å². The van der Waals surface area contributed by atoms with Crippen molar-refractivity contribution >= 4 is 16.5 Å². The molecule has 0 aromatic heterocycles. The number of aryl methyl sites for hydroxylation is 1. The Morgan fingerprint density at radius 2 is 1.79 bits per heavy atom. The number of rotatable bonds is 3. The molecule has 0 bridgehead atoms. The fraction of sp³-hybridized carbons (Fsp3) is 0.143. The smallest absolute Gasteiger partial charge is 0.126 e. The lowest BCUT2D eigenvalue weighted by molar-refractivity contribution is 0.581. The minimum Gasteiger partial charge on any atom is -0.398 e. The predicted octanol–water partition coefficient (Wildman–Crippen LogP) is 3.16. The predicted molar refractivity (Wildman–Crippen MR) is 72.1 cm³/mol. The summed E-state index contributed by atoms with van der Waals surface area (Å²) in [7, 11) is -1.43. The molecule has 2 rings (SSSR count). The second-order valence-electron chi connectivity index (χ2n) is 4.25. The van der Waals surface area contributed by atoms with E-state index in [-0.39, 0.29) is 5.75 Å². The number of nitrogen functional groups attached to an aromatic ring is 1. The number of para-hydroxylation sites is 1. The summed E-state index contributed by atoms with van der Waals surface area (Å²) in [6, 6.07) is 8.37. The topological polar surface area (TPSA) is 43.1 Å². The highest BCUT2D eigenvalue weighted by molar-refractivity contribution is 7.84. The third-order valence-electron chi connectivity index (χ3n) is 2.75. The van der Waals surface area contributed by atoms with Crippen LogP contribution in [-0.2, 0) is 16.6 Å². The largest absolute Gasteiger partial charge is 0.398 e. The lowest BCUT2D eigenvalue weighted by atomic mass is 10.2. The molecule has 1 atom stereocenters. The Kier molecular flexibility index (Phi) is 3.95. The Labute approximate surface area is 112 Å². The first-order chi connectivity index (χ1) is 8.97. The number of hydrogen-bond acceptors (Lipinski definition) is 2. The molecule has 0 fully saturated rings. The van der Waals surface area contributed by atoms with Crippen molar-refractivity contribution in [2.45, 2.75) is 17.6 Å². The molecule has 0 spiro atoms. The summed E-state index contributed by atoms with van der Waals surface area (Å²) in [4.78, 5) is 0.490. The molecule has 0 saturated heterocycles. The molecular weight excluding hydrogens is 268 g/mol. The summed E-state index contributed by atoms with van der Waals surface area (Å²) in [5, 5.41) is 0. The average Bonchev–Trinajstić information content (AvgIpc) is 2.31. The van der Waals surface area contributed by atoms with Gasteiger partial charge in [-0.2, -0.15) is 0 Å². The van der Waals surface area contributed by atoms with Crippen molar-refractivity contribution in [3.63, 3.8) is 0 Å². The Bertz CT molecular complexity index is 623. The lowest BCUT2D eigenvalue weighted by Gasteiger charge is -2.08. The number of hydrogen-bond donors (Lipinski definition) is 1. The van der Waals surface area contributed by atoms with Gasteiger partial charge in [-0.05, 0) is 36.2 Å². The molecule has 0 saturated carbocycles. The zero-order valence-electron chi connectivity index (χ0n) is 10.3. The fourth-order valence-electron chi connectivity index (χ4n) is 1.78. The highest BCUT2D eigenvalue weighted by atomic mass is 32.2. The van der Waals surface area contributed by atoms with Gasteiger partial charge in [-0.25, -0.2) is 8.78 Å². The van der Waals surface area contributed by atoms with Gasteiger partial charge >= 0.3 is 0 Å². The molecule has 1 unspecified atom stereocenters. The first kappa shape index (κ1) is 13.7. The van der Waals surface area contributed by atoms with E-state index >= 15 is 0 Å². The Hall–Kier alpha value is -1.75. The second kappa shape index (κ2) is 5.48. The van der Waals surface area contributed by atoms with Gasteiger partial charge < -0.3 is 5.73 Å². The normalized spacial score (nSPS) is 12.4. The number of nitrogens with two attached hydrogens (primary N) is 1. The molecule has 100 valence electrons. The Morgan fingerprint density at radius 1 is 1.16 bits per heavy atom. The van der Waals surface area contributed by atoms with Gasteiger partial charge in [0.25, 0.3) is 0 Å². The van der Waals surface area contributed by atoms with Gasteiger partial charge in [0.2, 0.25) is 0 Å². The highest BCUT2D eigenvalue weighted by Crippen LogP contribution is 2.22. The zero-order valence-corrected chi connectivity index (χ0v) is 11.1. The average molecular weight is 281 g/mol. The van der Waals surface area contributed by atoms with Crippen LogP contribution >= 0.6 is 0 Å². The lowest BCUT2D eigenvalue weighted by Crippen LogP contribution is -2.03. The number of benzene rings is 2. The summed E-state index contributed by atoms with van der Waals surface area (Å²) in [5.41, 5.74) is 7.49. The van der Waals surface area contributed by atoms with Crippen LogP contribution in [0.1, 0.15) is 11.1 Å². The SMILES string of the molecule is Cc1cccc(S(=O)Cc2cc(F)cc(F)c2)c1N. The minimum absolute atomic E-state index is 0.0301. The van der Waals surface area contributed by atoms with Crippen molar-refractivity contribution in [1.82, 2.24) is 0 Å². The molecule has 0 amide bonds. The summed E-state index contributed by atoms with van der Waals surface area (Å²) >= 11 is 0. The Morgan fingerprint density at radius 3 is 2.42 bits per heavy atom. The molecule has 0 aliphatic rings. The van der Waals surface area contributed by atoms with E-state index in [0.717, 1.165) is 11.6 Å². The van der Waals surface area contributed by atoms with Crippen molar-refractivity contribution in [2.24, 2.45) is 0 Å². The number of halogens is 2. The molecule has 2 aromatic carbocycles. The second-order valence-corrected chi connectivity index (χ2v) is 5.67. The molecule has 0 radical (unpaired) electrons. The molecule has 0 heterocycles. The van der Waals surface area contributed by atoms with E-state index < -0.39 is 22.4 Å². The van der Waals surface area contributed by atoms with Crippen molar-refractivity contribution in [3.05, 3.63) is 59.2 Å². The van der Waals surface area contributed by atoms with Gasteiger partial charge in [-0.3, -0.25) is 4.21 Å². The van der Waals surface area contributed by atoms with E-state index in [0.29, 0.717) is 16.1 Å². The van der Waals surface area contributed by atoms with E-state index in [1.165, 1.54) is 12.1 Å². The van der Waals surface area contributed by atoms with Gasteiger partial charge in [-0.15, -0.1) is 0 Å². The maximum absolute atomic E-state index is 13.1. The zero-order chi connectivity index (χ0) is 14.0. The van der Waals surface area contributed by atoms with Gasteiger partial charge in [0, 0.05) is 6.07 Å². The minimum atomic E-state index is -1.43. The molecule has 5 heteroatoms. The van der Waals surface area contributed by atoms with Crippen molar-refractivity contribution in [3.8, 4) is 0 Å².